The van der Waals surface area contributed by atoms with E-state index >= 15 is 0 Å². The van der Waals surface area contributed by atoms with Gasteiger partial charge in [-0.05, 0) is 54.8 Å². The van der Waals surface area contributed by atoms with Gasteiger partial charge in [-0.2, -0.15) is 0 Å². The molecule has 33 heavy (non-hydrogen) atoms. The lowest BCUT2D eigenvalue weighted by molar-refractivity contribution is -0.115. The highest BCUT2D eigenvalue weighted by molar-refractivity contribution is 8.00. The van der Waals surface area contributed by atoms with E-state index in [0.717, 1.165) is 35.7 Å². The van der Waals surface area contributed by atoms with Gasteiger partial charge in [0, 0.05) is 17.3 Å². The number of nitrogens with zero attached hydrogens (tertiary/aromatic N) is 3. The van der Waals surface area contributed by atoms with Crippen LogP contribution in [0.1, 0.15) is 35.4 Å². The number of hydrogen-bond acceptors (Lipinski definition) is 5. The fraction of sp³-hybridized carbons (Fsp3) is 0.192. The van der Waals surface area contributed by atoms with Gasteiger partial charge in [-0.15, -0.1) is 10.2 Å². The number of thioether (sulfide) groups is 1. The van der Waals surface area contributed by atoms with Gasteiger partial charge in [0.1, 0.15) is 16.8 Å². The second kappa shape index (κ2) is 9.50. The van der Waals surface area contributed by atoms with Crippen LogP contribution in [-0.2, 0) is 4.79 Å². The van der Waals surface area contributed by atoms with E-state index in [1.54, 1.807) is 7.11 Å². The molecule has 5 rings (SSSR count). The summed E-state index contributed by atoms with van der Waals surface area (Å²) in [4.78, 5) is 13.5. The first-order chi connectivity index (χ1) is 16.2. The first-order valence-corrected chi connectivity index (χ1v) is 11.8. The van der Waals surface area contributed by atoms with Gasteiger partial charge in [0.25, 0.3) is 0 Å². The number of nitrogens with one attached hydrogen (secondary N) is 1. The Morgan fingerprint density at radius 2 is 1.64 bits per heavy atom. The molecule has 166 valence electrons. The molecule has 0 radical (unpaired) electrons. The summed E-state index contributed by atoms with van der Waals surface area (Å²) in [6.07, 6.45) is 2.24. The monoisotopic (exact) mass is 456 g/mol. The van der Waals surface area contributed by atoms with Gasteiger partial charge in [0.05, 0.1) is 7.11 Å². The summed E-state index contributed by atoms with van der Waals surface area (Å²) in [5.41, 5.74) is 2.63. The fourth-order valence-corrected chi connectivity index (χ4v) is 4.73. The lowest BCUT2D eigenvalue weighted by Crippen LogP contribution is -2.19. The van der Waals surface area contributed by atoms with Crippen molar-refractivity contribution in [1.82, 2.24) is 14.8 Å². The van der Waals surface area contributed by atoms with Crippen molar-refractivity contribution in [3.8, 4) is 11.4 Å². The maximum absolute atomic E-state index is 13.5. The quantitative estimate of drug-likeness (QED) is 0.348. The Morgan fingerprint density at radius 3 is 2.27 bits per heavy atom. The van der Waals surface area contributed by atoms with Crippen molar-refractivity contribution in [2.75, 3.05) is 12.4 Å². The minimum atomic E-state index is -0.494. The summed E-state index contributed by atoms with van der Waals surface area (Å²) in [5, 5.41) is 12.3. The molecule has 1 unspecified atom stereocenters. The zero-order valence-electron chi connectivity index (χ0n) is 18.2. The molecular formula is C26H24N4O2S. The topological polar surface area (TPSA) is 69.0 Å². The molecule has 1 saturated carbocycles. The number of carbonyl (C=O) groups excluding carboxylic acids is 1. The minimum absolute atomic E-state index is 0.119. The molecule has 1 aromatic heterocycles. The average molecular weight is 457 g/mol. The van der Waals surface area contributed by atoms with Crippen molar-refractivity contribution >= 4 is 23.4 Å². The van der Waals surface area contributed by atoms with Crippen LogP contribution in [0.2, 0.25) is 0 Å². The number of anilines is 1. The number of ether oxygens (including phenoxy) is 1. The zero-order chi connectivity index (χ0) is 22.6. The van der Waals surface area contributed by atoms with Crippen LogP contribution in [0.5, 0.6) is 5.75 Å². The van der Waals surface area contributed by atoms with Crippen LogP contribution in [0.15, 0.2) is 90.1 Å². The predicted octanol–water partition coefficient (Wildman–Crippen LogP) is 5.63. The van der Waals surface area contributed by atoms with Gasteiger partial charge in [0.15, 0.2) is 5.16 Å². The number of methoxy groups -OCH3 is 1. The van der Waals surface area contributed by atoms with Gasteiger partial charge in [-0.3, -0.25) is 9.36 Å². The molecule has 0 bridgehead atoms. The second-order valence-corrected chi connectivity index (χ2v) is 8.98. The van der Waals surface area contributed by atoms with Crippen molar-refractivity contribution in [2.45, 2.75) is 29.2 Å². The van der Waals surface area contributed by atoms with Crippen molar-refractivity contribution in [1.29, 1.82) is 0 Å². The highest BCUT2D eigenvalue weighted by atomic mass is 32.2. The van der Waals surface area contributed by atoms with Crippen LogP contribution < -0.4 is 10.1 Å². The lowest BCUT2D eigenvalue weighted by atomic mass is 10.1. The number of para-hydroxylation sites is 1. The molecule has 3 aromatic carbocycles. The molecule has 7 heteroatoms. The highest BCUT2D eigenvalue weighted by Gasteiger charge is 2.33. The Hall–Kier alpha value is -3.58. The summed E-state index contributed by atoms with van der Waals surface area (Å²) < 4.78 is 7.31. The van der Waals surface area contributed by atoms with Crippen molar-refractivity contribution in [3.05, 3.63) is 96.3 Å². The largest absolute Gasteiger partial charge is 0.497 e. The Labute approximate surface area is 197 Å². The van der Waals surface area contributed by atoms with Crippen LogP contribution in [0, 0.1) is 0 Å². The first kappa shape index (κ1) is 21.3. The van der Waals surface area contributed by atoms with E-state index in [1.807, 2.05) is 84.9 Å². The van der Waals surface area contributed by atoms with E-state index in [0.29, 0.717) is 16.8 Å². The maximum atomic E-state index is 13.5. The fourth-order valence-electron chi connectivity index (χ4n) is 3.67. The Morgan fingerprint density at radius 1 is 0.970 bits per heavy atom. The van der Waals surface area contributed by atoms with E-state index in [9.17, 15) is 4.79 Å². The number of amides is 1. The van der Waals surface area contributed by atoms with Crippen LogP contribution in [0.25, 0.3) is 5.69 Å². The number of hydrogen-bond donors (Lipinski definition) is 1. The smallest absolute Gasteiger partial charge is 0.242 e. The molecular weight excluding hydrogens is 432 g/mol. The summed E-state index contributed by atoms with van der Waals surface area (Å²) in [6.45, 7) is 0. The second-order valence-electron chi connectivity index (χ2n) is 7.91. The van der Waals surface area contributed by atoms with Crippen LogP contribution >= 0.6 is 11.8 Å². The normalized spacial score (nSPS) is 14.0. The van der Waals surface area contributed by atoms with E-state index < -0.39 is 5.25 Å². The van der Waals surface area contributed by atoms with Crippen LogP contribution in [-0.4, -0.2) is 27.8 Å². The van der Waals surface area contributed by atoms with Gasteiger partial charge in [-0.25, -0.2) is 0 Å². The molecule has 4 aromatic rings. The number of carbonyl (C=O) groups is 1. The van der Waals surface area contributed by atoms with E-state index in [1.165, 1.54) is 11.8 Å². The molecule has 1 fully saturated rings. The first-order valence-electron chi connectivity index (χ1n) is 10.9. The Kier molecular flexibility index (Phi) is 6.13. The maximum Gasteiger partial charge on any atom is 0.242 e. The molecule has 0 aliphatic heterocycles. The molecule has 1 aliphatic rings. The minimum Gasteiger partial charge on any atom is -0.497 e. The Bertz CT molecular complexity index is 1220. The molecule has 1 atom stereocenters. The lowest BCUT2D eigenvalue weighted by Gasteiger charge is -2.18. The van der Waals surface area contributed by atoms with Crippen molar-refractivity contribution in [3.63, 3.8) is 0 Å². The number of aromatic nitrogens is 3. The number of benzene rings is 3. The molecule has 1 N–H and O–H groups in total. The summed E-state index contributed by atoms with van der Waals surface area (Å²) >= 11 is 1.42. The molecule has 6 nitrogen and oxygen atoms in total. The molecule has 1 amide bonds. The van der Waals surface area contributed by atoms with Gasteiger partial charge < -0.3 is 10.1 Å². The third kappa shape index (κ3) is 4.78. The third-order valence-electron chi connectivity index (χ3n) is 5.54. The van der Waals surface area contributed by atoms with Gasteiger partial charge in [0.2, 0.25) is 5.91 Å². The molecule has 0 spiro atoms. The average Bonchev–Trinajstić information content (AvgIpc) is 3.63. The molecule has 1 aliphatic carbocycles. The van der Waals surface area contributed by atoms with Gasteiger partial charge in [-0.1, -0.05) is 60.3 Å². The van der Waals surface area contributed by atoms with Crippen LogP contribution in [0.3, 0.4) is 0 Å². The summed E-state index contributed by atoms with van der Waals surface area (Å²) in [5.74, 6) is 2.01. The molecule has 1 heterocycles. The highest BCUT2D eigenvalue weighted by Crippen LogP contribution is 2.43. The van der Waals surface area contributed by atoms with Crippen molar-refractivity contribution in [2.24, 2.45) is 0 Å². The summed E-state index contributed by atoms with van der Waals surface area (Å²) in [7, 11) is 1.62. The number of rotatable bonds is 8. The third-order valence-corrected chi connectivity index (χ3v) is 6.73. The van der Waals surface area contributed by atoms with E-state index in [-0.39, 0.29) is 5.91 Å². The van der Waals surface area contributed by atoms with Crippen LogP contribution in [0.4, 0.5) is 5.69 Å². The molecule has 0 saturated heterocycles. The SMILES string of the molecule is COc1ccc(NC(=O)C(Sc2nnc(C3CC3)n2-c2ccccc2)c2ccccc2)cc1. The zero-order valence-corrected chi connectivity index (χ0v) is 19.0. The van der Waals surface area contributed by atoms with E-state index in [2.05, 4.69) is 20.1 Å². The van der Waals surface area contributed by atoms with E-state index in [4.69, 9.17) is 4.74 Å². The van der Waals surface area contributed by atoms with Gasteiger partial charge >= 0.3 is 0 Å². The summed E-state index contributed by atoms with van der Waals surface area (Å²) in [6, 6.07) is 27.2. The predicted molar refractivity (Wildman–Crippen MR) is 130 cm³/mol. The van der Waals surface area contributed by atoms with Crippen molar-refractivity contribution < 1.29 is 9.53 Å². The Balaban J connectivity index is 1.48. The standard InChI is InChI=1S/C26H24N4O2S/c1-32-22-16-14-20(15-17-22)27-25(31)23(18-8-4-2-5-9-18)33-26-29-28-24(19-12-13-19)30(26)21-10-6-3-7-11-21/h2-11,14-17,19,23H,12-13H2,1H3,(H,27,31).